The predicted molar refractivity (Wildman–Crippen MR) is 107 cm³/mol. The third-order valence-corrected chi connectivity index (χ3v) is 6.43. The summed E-state index contributed by atoms with van der Waals surface area (Å²) in [5.74, 6) is -0.130. The largest absolute Gasteiger partial charge is 0.495 e. The fraction of sp³-hybridized carbons (Fsp3) is 0.350. The fourth-order valence-electron chi connectivity index (χ4n) is 2.73. The SMILES string of the molecule is CCN(CC(=O)Nc1cccc(C)c1C)S(=O)(=O)c1cc(C)ccc1OC. The smallest absolute Gasteiger partial charge is 0.247 e. The van der Waals surface area contributed by atoms with Gasteiger partial charge in [-0.15, -0.1) is 0 Å². The molecule has 0 aliphatic carbocycles. The van der Waals surface area contributed by atoms with Crippen molar-refractivity contribution in [1.82, 2.24) is 4.31 Å². The number of rotatable bonds is 7. The Morgan fingerprint density at radius 1 is 1.15 bits per heavy atom. The van der Waals surface area contributed by atoms with E-state index < -0.39 is 10.0 Å². The molecular formula is C20H26N2O4S. The molecule has 6 nitrogen and oxygen atoms in total. The third-order valence-electron chi connectivity index (χ3n) is 4.49. The van der Waals surface area contributed by atoms with E-state index in [1.165, 1.54) is 7.11 Å². The maximum absolute atomic E-state index is 13.1. The van der Waals surface area contributed by atoms with Crippen molar-refractivity contribution in [1.29, 1.82) is 0 Å². The molecule has 0 unspecified atom stereocenters. The summed E-state index contributed by atoms with van der Waals surface area (Å²) in [7, 11) is -2.45. The van der Waals surface area contributed by atoms with Gasteiger partial charge in [0, 0.05) is 12.2 Å². The van der Waals surface area contributed by atoms with Crippen LogP contribution in [0.25, 0.3) is 0 Å². The number of nitrogens with zero attached hydrogens (tertiary/aromatic N) is 1. The van der Waals surface area contributed by atoms with Gasteiger partial charge in [0.25, 0.3) is 0 Å². The Morgan fingerprint density at radius 2 is 1.85 bits per heavy atom. The van der Waals surface area contributed by atoms with Crippen molar-refractivity contribution < 1.29 is 17.9 Å². The van der Waals surface area contributed by atoms with Gasteiger partial charge in [0.1, 0.15) is 10.6 Å². The topological polar surface area (TPSA) is 75.7 Å². The van der Waals surface area contributed by atoms with Crippen LogP contribution in [0.4, 0.5) is 5.69 Å². The molecule has 0 aliphatic rings. The maximum Gasteiger partial charge on any atom is 0.247 e. The van der Waals surface area contributed by atoms with E-state index in [9.17, 15) is 13.2 Å². The molecule has 0 saturated carbocycles. The lowest BCUT2D eigenvalue weighted by Gasteiger charge is -2.22. The van der Waals surface area contributed by atoms with Crippen LogP contribution in [-0.2, 0) is 14.8 Å². The second-order valence-corrected chi connectivity index (χ2v) is 8.29. The third kappa shape index (κ3) is 4.67. The number of aryl methyl sites for hydroxylation is 2. The highest BCUT2D eigenvalue weighted by Crippen LogP contribution is 2.27. The van der Waals surface area contributed by atoms with Crippen molar-refractivity contribution in [2.45, 2.75) is 32.6 Å². The Bertz CT molecular complexity index is 939. The van der Waals surface area contributed by atoms with Gasteiger partial charge in [-0.2, -0.15) is 4.31 Å². The first kappa shape index (κ1) is 20.9. The van der Waals surface area contributed by atoms with Crippen molar-refractivity contribution in [2.24, 2.45) is 0 Å². The molecule has 2 aromatic carbocycles. The highest BCUT2D eigenvalue weighted by molar-refractivity contribution is 7.89. The summed E-state index contributed by atoms with van der Waals surface area (Å²) in [6, 6.07) is 10.6. The molecule has 0 radical (unpaired) electrons. The zero-order valence-corrected chi connectivity index (χ0v) is 17.2. The molecule has 1 N–H and O–H groups in total. The van der Waals surface area contributed by atoms with E-state index in [-0.39, 0.29) is 29.6 Å². The van der Waals surface area contributed by atoms with E-state index in [1.54, 1.807) is 31.2 Å². The van der Waals surface area contributed by atoms with E-state index in [1.807, 2.05) is 32.9 Å². The van der Waals surface area contributed by atoms with E-state index in [0.29, 0.717) is 5.69 Å². The number of carbonyl (C=O) groups is 1. The molecule has 1 amide bonds. The lowest BCUT2D eigenvalue weighted by atomic mass is 10.1. The van der Waals surface area contributed by atoms with Crippen LogP contribution in [-0.4, -0.2) is 38.8 Å². The van der Waals surface area contributed by atoms with Crippen LogP contribution in [0.5, 0.6) is 5.75 Å². The zero-order valence-electron chi connectivity index (χ0n) is 16.4. The average Bonchev–Trinajstić information content (AvgIpc) is 2.63. The number of ether oxygens (including phenoxy) is 1. The predicted octanol–water partition coefficient (Wildman–Crippen LogP) is 3.27. The number of methoxy groups -OCH3 is 1. The number of amides is 1. The van der Waals surface area contributed by atoms with E-state index in [2.05, 4.69) is 5.32 Å². The Kier molecular flexibility index (Phi) is 6.62. The lowest BCUT2D eigenvalue weighted by Crippen LogP contribution is -2.38. The molecule has 0 aromatic heterocycles. The van der Waals surface area contributed by atoms with E-state index in [4.69, 9.17) is 4.74 Å². The van der Waals surface area contributed by atoms with Crippen LogP contribution in [0, 0.1) is 20.8 Å². The Morgan fingerprint density at radius 3 is 2.48 bits per heavy atom. The van der Waals surface area contributed by atoms with Crippen LogP contribution in [0.15, 0.2) is 41.3 Å². The molecule has 0 fully saturated rings. The normalized spacial score (nSPS) is 11.5. The highest BCUT2D eigenvalue weighted by Gasteiger charge is 2.28. The number of likely N-dealkylation sites (N-methyl/N-ethyl adjacent to an activating group) is 1. The van der Waals surface area contributed by atoms with Gasteiger partial charge >= 0.3 is 0 Å². The number of hydrogen-bond acceptors (Lipinski definition) is 4. The van der Waals surface area contributed by atoms with Crippen LogP contribution < -0.4 is 10.1 Å². The van der Waals surface area contributed by atoms with Crippen LogP contribution in [0.3, 0.4) is 0 Å². The van der Waals surface area contributed by atoms with Crippen LogP contribution >= 0.6 is 0 Å². The number of nitrogens with one attached hydrogen (secondary N) is 1. The number of benzene rings is 2. The lowest BCUT2D eigenvalue weighted by molar-refractivity contribution is -0.116. The van der Waals surface area contributed by atoms with E-state index in [0.717, 1.165) is 21.0 Å². The monoisotopic (exact) mass is 390 g/mol. The van der Waals surface area contributed by atoms with Gasteiger partial charge in [-0.1, -0.05) is 25.1 Å². The molecule has 0 saturated heterocycles. The summed E-state index contributed by atoms with van der Waals surface area (Å²) in [4.78, 5) is 12.6. The second-order valence-electron chi connectivity index (χ2n) is 6.38. The maximum atomic E-state index is 13.1. The van der Waals surface area contributed by atoms with Gasteiger partial charge in [0.15, 0.2) is 0 Å². The minimum absolute atomic E-state index is 0.0615. The molecule has 146 valence electrons. The number of carbonyl (C=O) groups excluding carboxylic acids is 1. The molecule has 0 spiro atoms. The van der Waals surface area contributed by atoms with Crippen LogP contribution in [0.1, 0.15) is 23.6 Å². The highest BCUT2D eigenvalue weighted by atomic mass is 32.2. The number of hydrogen-bond donors (Lipinski definition) is 1. The average molecular weight is 391 g/mol. The first-order valence-corrected chi connectivity index (χ1v) is 10.2. The summed E-state index contributed by atoms with van der Waals surface area (Å²) in [5, 5.41) is 2.80. The second kappa shape index (κ2) is 8.54. The molecule has 0 aliphatic heterocycles. The molecule has 0 atom stereocenters. The van der Waals surface area contributed by atoms with Crippen molar-refractivity contribution >= 4 is 21.6 Å². The summed E-state index contributed by atoms with van der Waals surface area (Å²) < 4.78 is 32.5. The summed E-state index contributed by atoms with van der Waals surface area (Å²) in [6.45, 7) is 7.27. The van der Waals surface area contributed by atoms with Gasteiger partial charge in [0.2, 0.25) is 15.9 Å². The van der Waals surface area contributed by atoms with Gasteiger partial charge in [0.05, 0.1) is 13.7 Å². The Labute approximate surface area is 161 Å². The zero-order chi connectivity index (χ0) is 20.2. The number of sulfonamides is 1. The molecule has 7 heteroatoms. The van der Waals surface area contributed by atoms with Gasteiger partial charge in [-0.25, -0.2) is 8.42 Å². The summed E-state index contributed by atoms with van der Waals surface area (Å²) in [5.41, 5.74) is 3.49. The van der Waals surface area contributed by atoms with Gasteiger partial charge in [-0.3, -0.25) is 4.79 Å². The van der Waals surface area contributed by atoms with Crippen molar-refractivity contribution in [3.05, 3.63) is 53.1 Å². The Balaban J connectivity index is 2.27. The van der Waals surface area contributed by atoms with Gasteiger partial charge in [-0.05, 0) is 55.7 Å². The molecule has 2 aromatic rings. The van der Waals surface area contributed by atoms with Crippen molar-refractivity contribution in [3.63, 3.8) is 0 Å². The Hall–Kier alpha value is -2.38. The minimum atomic E-state index is -3.87. The molecule has 0 heterocycles. The van der Waals surface area contributed by atoms with Crippen molar-refractivity contribution in [3.8, 4) is 5.75 Å². The first-order chi connectivity index (χ1) is 12.7. The molecule has 0 bridgehead atoms. The van der Waals surface area contributed by atoms with Crippen molar-refractivity contribution in [2.75, 3.05) is 25.5 Å². The molecule has 27 heavy (non-hydrogen) atoms. The fourth-order valence-corrected chi connectivity index (χ4v) is 4.37. The van der Waals surface area contributed by atoms with Crippen LogP contribution in [0.2, 0.25) is 0 Å². The summed E-state index contributed by atoms with van der Waals surface area (Å²) >= 11 is 0. The first-order valence-electron chi connectivity index (χ1n) is 8.71. The standard InChI is InChI=1S/C20H26N2O4S/c1-6-22(13-20(23)21-17-9-7-8-15(3)16(17)4)27(24,25)19-12-14(2)10-11-18(19)26-5/h7-12H,6,13H2,1-5H3,(H,21,23). The summed E-state index contributed by atoms with van der Waals surface area (Å²) in [6.07, 6.45) is 0. The quantitative estimate of drug-likeness (QED) is 0.787. The molecular weight excluding hydrogens is 364 g/mol. The molecule has 2 rings (SSSR count). The van der Waals surface area contributed by atoms with Gasteiger partial charge < -0.3 is 10.1 Å². The minimum Gasteiger partial charge on any atom is -0.495 e. The van der Waals surface area contributed by atoms with E-state index >= 15 is 0 Å². The number of anilines is 1.